The van der Waals surface area contributed by atoms with E-state index < -0.39 is 0 Å². The first kappa shape index (κ1) is 15.9. The van der Waals surface area contributed by atoms with Crippen LogP contribution < -0.4 is 0 Å². The lowest BCUT2D eigenvalue weighted by atomic mass is 9.48. The van der Waals surface area contributed by atoms with Crippen LogP contribution in [0.25, 0.3) is 6.08 Å². The Morgan fingerprint density at radius 3 is 2.78 bits per heavy atom. The molecule has 2 fully saturated rings. The number of aryl methyl sites for hydroxylation is 2. The third-order valence-corrected chi connectivity index (χ3v) is 8.50. The SMILES string of the molecule is CC12CCn3nnnc3C=C1CCC1C2CCC2(C)C1CCc1nnnn12. The predicted molar refractivity (Wildman–Crippen MR) is 97.2 cm³/mol. The second kappa shape index (κ2) is 5.23. The third kappa shape index (κ3) is 1.99. The van der Waals surface area contributed by atoms with Crippen LogP contribution in [0.3, 0.4) is 0 Å². The van der Waals surface area contributed by atoms with Crippen LogP contribution in [0, 0.1) is 23.2 Å². The fourth-order valence-electron chi connectivity index (χ4n) is 7.01. The van der Waals surface area contributed by atoms with Crippen LogP contribution in [-0.2, 0) is 18.5 Å². The van der Waals surface area contributed by atoms with E-state index in [4.69, 9.17) is 0 Å². The van der Waals surface area contributed by atoms with Gasteiger partial charge in [-0.05, 0) is 95.5 Å². The van der Waals surface area contributed by atoms with Crippen LogP contribution in [-0.4, -0.2) is 40.4 Å². The van der Waals surface area contributed by atoms with Crippen LogP contribution in [0.2, 0.25) is 0 Å². The Morgan fingerprint density at radius 1 is 0.963 bits per heavy atom. The van der Waals surface area contributed by atoms with E-state index >= 15 is 0 Å². The molecule has 27 heavy (non-hydrogen) atoms. The minimum Gasteiger partial charge on any atom is -0.226 e. The van der Waals surface area contributed by atoms with Crippen molar-refractivity contribution in [2.24, 2.45) is 23.2 Å². The van der Waals surface area contributed by atoms with Gasteiger partial charge in [0, 0.05) is 13.0 Å². The highest BCUT2D eigenvalue weighted by atomic mass is 15.6. The number of allylic oxidation sites excluding steroid dienone is 1. The molecule has 0 radical (unpaired) electrons. The lowest BCUT2D eigenvalue weighted by Gasteiger charge is -2.58. The molecule has 5 unspecified atom stereocenters. The Morgan fingerprint density at radius 2 is 1.85 bits per heavy atom. The van der Waals surface area contributed by atoms with Crippen LogP contribution in [0.4, 0.5) is 0 Å². The van der Waals surface area contributed by atoms with Crippen molar-refractivity contribution in [2.75, 3.05) is 0 Å². The summed E-state index contributed by atoms with van der Waals surface area (Å²) < 4.78 is 4.15. The normalized spacial score (nSPS) is 39.9. The zero-order chi connectivity index (χ0) is 18.2. The molecule has 0 spiro atoms. The van der Waals surface area contributed by atoms with Gasteiger partial charge in [0.15, 0.2) is 11.6 Å². The number of tetrazole rings is 2. The largest absolute Gasteiger partial charge is 0.226 e. The molecule has 0 N–H and O–H groups in total. The van der Waals surface area contributed by atoms with E-state index in [1.807, 2.05) is 4.68 Å². The van der Waals surface area contributed by atoms with Crippen molar-refractivity contribution in [3.63, 3.8) is 0 Å². The summed E-state index contributed by atoms with van der Waals surface area (Å²) in [6.45, 7) is 5.82. The molecule has 2 saturated carbocycles. The highest BCUT2D eigenvalue weighted by Gasteiger charge is 2.57. The molecule has 0 bridgehead atoms. The van der Waals surface area contributed by atoms with E-state index in [1.54, 1.807) is 5.57 Å². The zero-order valence-corrected chi connectivity index (χ0v) is 16.0. The lowest BCUT2D eigenvalue weighted by molar-refractivity contribution is -0.0612. The third-order valence-electron chi connectivity index (χ3n) is 8.50. The van der Waals surface area contributed by atoms with Gasteiger partial charge in [-0.15, -0.1) is 10.2 Å². The van der Waals surface area contributed by atoms with Gasteiger partial charge in [0.25, 0.3) is 0 Å². The second-order valence-electron chi connectivity index (χ2n) is 9.45. The van der Waals surface area contributed by atoms with Crippen LogP contribution in [0.15, 0.2) is 5.57 Å². The summed E-state index contributed by atoms with van der Waals surface area (Å²) in [5, 5.41) is 25.0. The van der Waals surface area contributed by atoms with Gasteiger partial charge in [-0.1, -0.05) is 12.5 Å². The van der Waals surface area contributed by atoms with E-state index in [0.717, 1.165) is 42.9 Å². The van der Waals surface area contributed by atoms with Gasteiger partial charge in [-0.2, -0.15) is 0 Å². The Labute approximate surface area is 158 Å². The van der Waals surface area contributed by atoms with E-state index in [2.05, 4.69) is 55.7 Å². The first-order chi connectivity index (χ1) is 13.1. The summed E-state index contributed by atoms with van der Waals surface area (Å²) in [4.78, 5) is 0. The molecule has 8 heteroatoms. The number of nitrogens with zero attached hydrogens (tertiary/aromatic N) is 8. The van der Waals surface area contributed by atoms with Gasteiger partial charge in [-0.3, -0.25) is 0 Å². The summed E-state index contributed by atoms with van der Waals surface area (Å²) in [5.41, 5.74) is 1.90. The van der Waals surface area contributed by atoms with Crippen molar-refractivity contribution in [3.8, 4) is 0 Å². The number of rotatable bonds is 0. The fourth-order valence-corrected chi connectivity index (χ4v) is 7.01. The summed E-state index contributed by atoms with van der Waals surface area (Å²) in [6.07, 6.45) is 10.5. The molecule has 8 nitrogen and oxygen atoms in total. The average molecular weight is 366 g/mol. The first-order valence-corrected chi connectivity index (χ1v) is 10.3. The zero-order valence-electron chi connectivity index (χ0n) is 16.0. The van der Waals surface area contributed by atoms with Crippen LogP contribution >= 0.6 is 0 Å². The Hall–Kier alpha value is -2.12. The Balaban J connectivity index is 1.39. The van der Waals surface area contributed by atoms with Crippen molar-refractivity contribution in [2.45, 2.75) is 70.9 Å². The molecule has 4 heterocycles. The summed E-state index contributed by atoms with van der Waals surface area (Å²) in [5.74, 6) is 4.16. The minimum absolute atomic E-state index is 0.0822. The average Bonchev–Trinajstić information content (AvgIpc) is 3.29. The highest BCUT2D eigenvalue weighted by Crippen LogP contribution is 2.62. The van der Waals surface area contributed by atoms with Crippen molar-refractivity contribution >= 4 is 6.08 Å². The molecule has 0 aromatic carbocycles. The molecule has 0 amide bonds. The summed E-state index contributed by atoms with van der Waals surface area (Å²) in [6, 6.07) is 0. The van der Waals surface area contributed by atoms with E-state index in [-0.39, 0.29) is 11.0 Å². The Kier molecular flexibility index (Phi) is 3.08. The van der Waals surface area contributed by atoms with Crippen molar-refractivity contribution in [1.29, 1.82) is 0 Å². The molecular weight excluding hydrogens is 340 g/mol. The predicted octanol–water partition coefficient (Wildman–Crippen LogP) is 2.25. The summed E-state index contributed by atoms with van der Waals surface area (Å²) >= 11 is 0. The lowest BCUT2D eigenvalue weighted by Crippen LogP contribution is -2.56. The number of fused-ring (bicyclic) bond motifs is 8. The maximum absolute atomic E-state index is 4.40. The van der Waals surface area contributed by atoms with Crippen molar-refractivity contribution in [1.82, 2.24) is 40.4 Å². The standard InChI is InChI=1S/C19H26N8/c1-18-9-10-26-17(21-22-24-26)11-12(18)3-4-13-14(18)7-8-19(2)15(13)5-6-16-20-23-25-27(16)19/h11,13-15H,3-10H2,1-2H3. The molecule has 0 saturated heterocycles. The quantitative estimate of drug-likeness (QED) is 0.711. The molecule has 2 aliphatic heterocycles. The molecule has 2 aromatic heterocycles. The highest BCUT2D eigenvalue weighted by molar-refractivity contribution is 5.49. The molecule has 142 valence electrons. The first-order valence-electron chi connectivity index (χ1n) is 10.3. The van der Waals surface area contributed by atoms with E-state index in [9.17, 15) is 0 Å². The Bertz CT molecular complexity index is 928. The second-order valence-corrected chi connectivity index (χ2v) is 9.45. The van der Waals surface area contributed by atoms with Crippen molar-refractivity contribution in [3.05, 3.63) is 17.2 Å². The minimum atomic E-state index is 0.0822. The number of hydrogen-bond donors (Lipinski definition) is 0. The van der Waals surface area contributed by atoms with Gasteiger partial charge >= 0.3 is 0 Å². The number of hydrogen-bond acceptors (Lipinski definition) is 6. The molecule has 2 aliphatic carbocycles. The smallest absolute Gasteiger partial charge is 0.174 e. The molecule has 6 rings (SSSR count). The van der Waals surface area contributed by atoms with E-state index in [0.29, 0.717) is 5.92 Å². The van der Waals surface area contributed by atoms with Gasteiger partial charge in [0.2, 0.25) is 0 Å². The van der Waals surface area contributed by atoms with Crippen LogP contribution in [0.5, 0.6) is 0 Å². The summed E-state index contributed by atoms with van der Waals surface area (Å²) in [7, 11) is 0. The van der Waals surface area contributed by atoms with Gasteiger partial charge < -0.3 is 0 Å². The van der Waals surface area contributed by atoms with E-state index in [1.165, 1.54) is 32.1 Å². The monoisotopic (exact) mass is 366 g/mol. The van der Waals surface area contributed by atoms with Gasteiger partial charge in [0.1, 0.15) is 0 Å². The molecule has 5 atom stereocenters. The fraction of sp³-hybridized carbons (Fsp3) is 0.789. The van der Waals surface area contributed by atoms with Crippen LogP contribution in [0.1, 0.15) is 64.0 Å². The molecular formula is C19H26N8. The van der Waals surface area contributed by atoms with Gasteiger partial charge in [-0.25, -0.2) is 9.36 Å². The number of aromatic nitrogens is 8. The van der Waals surface area contributed by atoms with Gasteiger partial charge in [0.05, 0.1) is 5.54 Å². The topological polar surface area (TPSA) is 87.2 Å². The maximum Gasteiger partial charge on any atom is 0.174 e. The molecule has 2 aromatic rings. The molecule has 4 aliphatic rings. The maximum atomic E-state index is 4.40. The van der Waals surface area contributed by atoms with Crippen molar-refractivity contribution < 1.29 is 0 Å².